The van der Waals surface area contributed by atoms with E-state index in [0.717, 1.165) is 19.0 Å². The van der Waals surface area contributed by atoms with Crippen LogP contribution in [0.2, 0.25) is 0 Å². The summed E-state index contributed by atoms with van der Waals surface area (Å²) in [5, 5.41) is 6.91. The predicted molar refractivity (Wildman–Crippen MR) is 76.4 cm³/mol. The van der Waals surface area contributed by atoms with E-state index in [-0.39, 0.29) is 11.5 Å². The third-order valence-electron chi connectivity index (χ3n) is 4.42. The van der Waals surface area contributed by atoms with Crippen molar-refractivity contribution >= 4 is 5.96 Å². The van der Waals surface area contributed by atoms with Crippen molar-refractivity contribution in [2.75, 3.05) is 27.4 Å². The smallest absolute Gasteiger partial charge is 0.191 e. The molecular weight excluding hydrogens is 242 g/mol. The van der Waals surface area contributed by atoms with Crippen molar-refractivity contribution in [1.29, 1.82) is 0 Å². The molecule has 2 aliphatic rings. The second-order valence-electron chi connectivity index (χ2n) is 6.26. The fraction of sp³-hybridized carbons (Fsp3) is 0.929. The Morgan fingerprint density at radius 3 is 2.89 bits per heavy atom. The van der Waals surface area contributed by atoms with Gasteiger partial charge in [0.25, 0.3) is 0 Å². The second-order valence-corrected chi connectivity index (χ2v) is 6.26. The number of rotatable bonds is 4. The number of methoxy groups -OCH3 is 1. The van der Waals surface area contributed by atoms with Gasteiger partial charge in [0.2, 0.25) is 0 Å². The maximum atomic E-state index is 5.81. The Bertz CT molecular complexity index is 344. The van der Waals surface area contributed by atoms with E-state index in [2.05, 4.69) is 36.4 Å². The van der Waals surface area contributed by atoms with Crippen molar-refractivity contribution in [2.24, 2.45) is 16.3 Å². The van der Waals surface area contributed by atoms with Crippen LogP contribution in [0.15, 0.2) is 4.99 Å². The van der Waals surface area contributed by atoms with Crippen LogP contribution in [0.4, 0.5) is 0 Å². The van der Waals surface area contributed by atoms with Crippen molar-refractivity contribution < 1.29 is 9.47 Å². The van der Waals surface area contributed by atoms with E-state index in [0.29, 0.717) is 24.7 Å². The van der Waals surface area contributed by atoms with E-state index in [9.17, 15) is 0 Å². The molecule has 0 radical (unpaired) electrons. The third-order valence-corrected chi connectivity index (χ3v) is 4.42. The summed E-state index contributed by atoms with van der Waals surface area (Å²) in [4.78, 5) is 4.31. The molecule has 0 aromatic carbocycles. The number of ether oxygens (including phenoxy) is 2. The zero-order valence-corrected chi connectivity index (χ0v) is 12.7. The van der Waals surface area contributed by atoms with E-state index >= 15 is 0 Å². The molecule has 0 spiro atoms. The quantitative estimate of drug-likeness (QED) is 0.590. The van der Waals surface area contributed by atoms with Gasteiger partial charge in [-0.05, 0) is 13.3 Å². The lowest BCUT2D eigenvalue weighted by molar-refractivity contribution is -0.106. The van der Waals surface area contributed by atoms with Gasteiger partial charge in [-0.25, -0.2) is 0 Å². The lowest BCUT2D eigenvalue weighted by Crippen LogP contribution is -2.68. The SMILES string of the molecule is CN=C(NC(C)COC)NC1C2CCOC2C1(C)C. The van der Waals surface area contributed by atoms with Gasteiger partial charge in [-0.15, -0.1) is 0 Å². The first-order valence-corrected chi connectivity index (χ1v) is 7.11. The van der Waals surface area contributed by atoms with Crippen LogP contribution in [-0.4, -0.2) is 51.5 Å². The highest BCUT2D eigenvalue weighted by atomic mass is 16.5. The summed E-state index contributed by atoms with van der Waals surface area (Å²) in [6.07, 6.45) is 1.55. The second kappa shape index (κ2) is 5.67. The van der Waals surface area contributed by atoms with Gasteiger partial charge in [-0.2, -0.15) is 0 Å². The standard InChI is InChI=1S/C14H27N3O2/c1-9(8-18-5)16-13(15-4)17-11-10-6-7-19-12(10)14(11,2)3/h9-12H,6-8H2,1-5H3,(H2,15,16,17). The maximum Gasteiger partial charge on any atom is 0.191 e. The average molecular weight is 269 g/mol. The molecule has 5 heteroatoms. The number of fused-ring (bicyclic) bond motifs is 1. The first kappa shape index (κ1) is 14.6. The van der Waals surface area contributed by atoms with Crippen LogP contribution < -0.4 is 10.6 Å². The fourth-order valence-corrected chi connectivity index (χ4v) is 3.46. The van der Waals surface area contributed by atoms with Crippen LogP contribution in [0.25, 0.3) is 0 Å². The molecule has 0 aromatic heterocycles. The first-order valence-electron chi connectivity index (χ1n) is 7.11. The normalized spacial score (nSPS) is 34.4. The van der Waals surface area contributed by atoms with Gasteiger partial charge in [-0.1, -0.05) is 13.8 Å². The van der Waals surface area contributed by atoms with Crippen LogP contribution in [-0.2, 0) is 9.47 Å². The van der Waals surface area contributed by atoms with Crippen LogP contribution >= 0.6 is 0 Å². The molecule has 1 aliphatic carbocycles. The largest absolute Gasteiger partial charge is 0.383 e. The van der Waals surface area contributed by atoms with Crippen LogP contribution in [0.5, 0.6) is 0 Å². The molecule has 2 rings (SSSR count). The Morgan fingerprint density at radius 1 is 1.53 bits per heavy atom. The average Bonchev–Trinajstić information content (AvgIpc) is 2.81. The number of guanidine groups is 1. The molecule has 110 valence electrons. The highest BCUT2D eigenvalue weighted by molar-refractivity contribution is 5.80. The molecule has 1 saturated heterocycles. The molecule has 0 bridgehead atoms. The molecule has 0 amide bonds. The number of nitrogens with zero attached hydrogens (tertiary/aromatic N) is 1. The molecular formula is C14H27N3O2. The molecule has 2 N–H and O–H groups in total. The van der Waals surface area contributed by atoms with Gasteiger partial charge < -0.3 is 20.1 Å². The van der Waals surface area contributed by atoms with Gasteiger partial charge in [0.1, 0.15) is 0 Å². The Morgan fingerprint density at radius 2 is 2.26 bits per heavy atom. The minimum absolute atomic E-state index is 0.170. The molecule has 1 aliphatic heterocycles. The highest BCUT2D eigenvalue weighted by Crippen LogP contribution is 2.51. The van der Waals surface area contributed by atoms with E-state index in [1.165, 1.54) is 0 Å². The Hall–Kier alpha value is -0.810. The van der Waals surface area contributed by atoms with Crippen molar-refractivity contribution in [3.63, 3.8) is 0 Å². The topological polar surface area (TPSA) is 54.9 Å². The Labute approximate surface area is 116 Å². The van der Waals surface area contributed by atoms with Crippen LogP contribution in [0, 0.1) is 11.3 Å². The highest BCUT2D eigenvalue weighted by Gasteiger charge is 2.59. The van der Waals surface area contributed by atoms with E-state index in [4.69, 9.17) is 9.47 Å². The lowest BCUT2D eigenvalue weighted by Gasteiger charge is -2.55. The molecule has 1 saturated carbocycles. The monoisotopic (exact) mass is 269 g/mol. The first-order chi connectivity index (χ1) is 9.00. The summed E-state index contributed by atoms with van der Waals surface area (Å²) < 4.78 is 11.0. The zero-order chi connectivity index (χ0) is 14.0. The minimum atomic E-state index is 0.170. The fourth-order valence-electron chi connectivity index (χ4n) is 3.46. The Kier molecular flexibility index (Phi) is 4.36. The molecule has 0 aromatic rings. The summed E-state index contributed by atoms with van der Waals surface area (Å²) in [7, 11) is 3.52. The summed E-state index contributed by atoms with van der Waals surface area (Å²) in [6.45, 7) is 8.18. The van der Waals surface area contributed by atoms with E-state index in [1.54, 1.807) is 7.11 Å². The number of hydrogen-bond acceptors (Lipinski definition) is 3. The predicted octanol–water partition coefficient (Wildman–Crippen LogP) is 1.000. The van der Waals surface area contributed by atoms with Crippen LogP contribution in [0.1, 0.15) is 27.2 Å². The summed E-state index contributed by atoms with van der Waals surface area (Å²) in [5.41, 5.74) is 0.170. The number of nitrogens with one attached hydrogen (secondary N) is 2. The van der Waals surface area contributed by atoms with Crippen molar-refractivity contribution in [3.8, 4) is 0 Å². The Balaban J connectivity index is 1.92. The van der Waals surface area contributed by atoms with E-state index in [1.807, 2.05) is 7.05 Å². The van der Waals surface area contributed by atoms with Gasteiger partial charge in [0, 0.05) is 44.2 Å². The lowest BCUT2D eigenvalue weighted by atomic mass is 9.57. The summed E-state index contributed by atoms with van der Waals surface area (Å²) in [5.74, 6) is 1.47. The minimum Gasteiger partial charge on any atom is -0.383 e. The van der Waals surface area contributed by atoms with Crippen molar-refractivity contribution in [1.82, 2.24) is 10.6 Å². The number of aliphatic imine (C=N–C) groups is 1. The molecule has 2 fully saturated rings. The summed E-state index contributed by atoms with van der Waals surface area (Å²) in [6, 6.07) is 0.677. The maximum absolute atomic E-state index is 5.81. The van der Waals surface area contributed by atoms with Gasteiger partial charge in [0.05, 0.1) is 12.7 Å². The third kappa shape index (κ3) is 2.72. The zero-order valence-electron chi connectivity index (χ0n) is 12.7. The number of hydrogen-bond donors (Lipinski definition) is 2. The van der Waals surface area contributed by atoms with Gasteiger partial charge in [-0.3, -0.25) is 4.99 Å². The molecule has 5 nitrogen and oxygen atoms in total. The van der Waals surface area contributed by atoms with Gasteiger partial charge >= 0.3 is 0 Å². The molecule has 4 atom stereocenters. The van der Waals surface area contributed by atoms with E-state index < -0.39 is 0 Å². The van der Waals surface area contributed by atoms with Crippen LogP contribution in [0.3, 0.4) is 0 Å². The van der Waals surface area contributed by atoms with Crippen molar-refractivity contribution in [2.45, 2.75) is 45.4 Å². The van der Waals surface area contributed by atoms with Gasteiger partial charge in [0.15, 0.2) is 5.96 Å². The molecule has 19 heavy (non-hydrogen) atoms. The summed E-state index contributed by atoms with van der Waals surface area (Å²) >= 11 is 0. The molecule has 1 heterocycles. The molecule has 4 unspecified atom stereocenters. The van der Waals surface area contributed by atoms with Crippen molar-refractivity contribution in [3.05, 3.63) is 0 Å².